The molecule has 36 heavy (non-hydrogen) atoms. The van der Waals surface area contributed by atoms with Gasteiger partial charge in [-0.1, -0.05) is 25.1 Å². The summed E-state index contributed by atoms with van der Waals surface area (Å²) in [4.78, 5) is 33.8. The molecule has 2 aromatic heterocycles. The SMILES string of the molecule is CC[C@]1(O)c2cc3n(c(=O)c2COC(=O)[C@H]1OC)Cc1c-3nc2ccccc2c1C1CCN(C)CC1. The Morgan fingerprint density at radius 1 is 1.19 bits per heavy atom. The highest BCUT2D eigenvalue weighted by molar-refractivity contribution is 5.88. The fourth-order valence-electron chi connectivity index (χ4n) is 6.36. The minimum atomic E-state index is -1.68. The Balaban J connectivity index is 1.60. The molecule has 188 valence electrons. The Kier molecular flexibility index (Phi) is 5.51. The summed E-state index contributed by atoms with van der Waals surface area (Å²) in [5.41, 5.74) is 3.49. The predicted molar refractivity (Wildman–Crippen MR) is 135 cm³/mol. The highest BCUT2D eigenvalue weighted by Gasteiger charge is 2.48. The largest absolute Gasteiger partial charge is 0.459 e. The van der Waals surface area contributed by atoms with E-state index in [1.54, 1.807) is 11.5 Å². The number of para-hydroxylation sites is 1. The van der Waals surface area contributed by atoms with Crippen LogP contribution in [0.1, 0.15) is 54.4 Å². The molecule has 8 heteroatoms. The lowest BCUT2D eigenvalue weighted by Gasteiger charge is -2.32. The molecular formula is C28H31N3O5. The van der Waals surface area contributed by atoms with Crippen molar-refractivity contribution in [2.75, 3.05) is 27.2 Å². The van der Waals surface area contributed by atoms with Gasteiger partial charge in [0, 0.05) is 23.6 Å². The van der Waals surface area contributed by atoms with Crippen molar-refractivity contribution in [3.8, 4) is 11.4 Å². The van der Waals surface area contributed by atoms with E-state index in [1.807, 2.05) is 24.3 Å². The number of hydrogen-bond acceptors (Lipinski definition) is 7. The predicted octanol–water partition coefficient (Wildman–Crippen LogP) is 2.90. The van der Waals surface area contributed by atoms with Crippen LogP contribution in [0.2, 0.25) is 0 Å². The number of likely N-dealkylation sites (tertiary alicyclic amines) is 1. The fraction of sp³-hybridized carbons (Fsp3) is 0.464. The number of fused-ring (bicyclic) bond motifs is 5. The third kappa shape index (κ3) is 3.28. The molecule has 3 aliphatic heterocycles. The lowest BCUT2D eigenvalue weighted by molar-refractivity contribution is -0.174. The summed E-state index contributed by atoms with van der Waals surface area (Å²) >= 11 is 0. The van der Waals surface area contributed by atoms with Crippen LogP contribution in [0.15, 0.2) is 35.1 Å². The first kappa shape index (κ1) is 23.3. The van der Waals surface area contributed by atoms with Gasteiger partial charge in [0.1, 0.15) is 12.2 Å². The maximum absolute atomic E-state index is 13.8. The molecule has 1 fully saturated rings. The summed E-state index contributed by atoms with van der Waals surface area (Å²) in [6.45, 7) is 4.07. The molecule has 3 aromatic rings. The van der Waals surface area contributed by atoms with Gasteiger partial charge in [-0.2, -0.15) is 0 Å². The summed E-state index contributed by atoms with van der Waals surface area (Å²) in [5.74, 6) is -0.284. The molecular weight excluding hydrogens is 458 g/mol. The Bertz CT molecular complexity index is 1440. The van der Waals surface area contributed by atoms with Crippen LogP contribution < -0.4 is 5.56 Å². The minimum Gasteiger partial charge on any atom is -0.459 e. The van der Waals surface area contributed by atoms with Crippen molar-refractivity contribution in [3.05, 3.63) is 62.9 Å². The number of aliphatic hydroxyl groups is 1. The summed E-state index contributed by atoms with van der Waals surface area (Å²) in [6.07, 6.45) is 1.08. The first-order valence-corrected chi connectivity index (χ1v) is 12.7. The van der Waals surface area contributed by atoms with E-state index in [9.17, 15) is 14.7 Å². The van der Waals surface area contributed by atoms with Crippen molar-refractivity contribution < 1.29 is 19.4 Å². The number of esters is 1. The molecule has 5 heterocycles. The number of cyclic esters (lactones) is 1. The number of methoxy groups -OCH3 is 1. The van der Waals surface area contributed by atoms with E-state index in [1.165, 1.54) is 12.7 Å². The number of nitrogens with zero attached hydrogens (tertiary/aromatic N) is 3. The van der Waals surface area contributed by atoms with Crippen LogP contribution in [0.4, 0.5) is 0 Å². The van der Waals surface area contributed by atoms with E-state index in [4.69, 9.17) is 14.5 Å². The maximum atomic E-state index is 13.8. The van der Waals surface area contributed by atoms with Crippen molar-refractivity contribution in [1.82, 2.24) is 14.5 Å². The second-order valence-electron chi connectivity index (χ2n) is 10.3. The van der Waals surface area contributed by atoms with E-state index in [0.29, 0.717) is 29.3 Å². The van der Waals surface area contributed by atoms with E-state index >= 15 is 0 Å². The molecule has 1 N–H and O–H groups in total. The number of pyridine rings is 2. The van der Waals surface area contributed by atoms with Gasteiger partial charge in [-0.25, -0.2) is 9.78 Å². The van der Waals surface area contributed by atoms with Gasteiger partial charge < -0.3 is 24.0 Å². The van der Waals surface area contributed by atoms with Crippen LogP contribution in [0.25, 0.3) is 22.3 Å². The first-order chi connectivity index (χ1) is 17.4. The minimum absolute atomic E-state index is 0.190. The third-order valence-electron chi connectivity index (χ3n) is 8.37. The average molecular weight is 490 g/mol. The van der Waals surface area contributed by atoms with Gasteiger partial charge in [0.05, 0.1) is 29.0 Å². The normalized spacial score (nSPS) is 24.2. The van der Waals surface area contributed by atoms with Gasteiger partial charge in [-0.05, 0) is 63.0 Å². The summed E-state index contributed by atoms with van der Waals surface area (Å²) in [7, 11) is 3.53. The van der Waals surface area contributed by atoms with Gasteiger partial charge >= 0.3 is 5.97 Å². The topological polar surface area (TPSA) is 93.9 Å². The van der Waals surface area contributed by atoms with Gasteiger partial charge in [0.25, 0.3) is 5.56 Å². The molecule has 0 saturated carbocycles. The van der Waals surface area contributed by atoms with Crippen molar-refractivity contribution in [2.24, 2.45) is 0 Å². The Morgan fingerprint density at radius 3 is 2.67 bits per heavy atom. The number of benzene rings is 1. The third-order valence-corrected chi connectivity index (χ3v) is 8.37. The summed E-state index contributed by atoms with van der Waals surface area (Å²) < 4.78 is 12.5. The van der Waals surface area contributed by atoms with Gasteiger partial charge in [-0.3, -0.25) is 4.79 Å². The Labute approximate surface area is 209 Å². The van der Waals surface area contributed by atoms with Gasteiger partial charge in [0.15, 0.2) is 6.10 Å². The lowest BCUT2D eigenvalue weighted by Crippen LogP contribution is -2.45. The molecule has 1 aromatic carbocycles. The van der Waals surface area contributed by atoms with Crippen LogP contribution in [0.3, 0.4) is 0 Å². The zero-order valence-electron chi connectivity index (χ0n) is 20.9. The van der Waals surface area contributed by atoms with Gasteiger partial charge in [-0.15, -0.1) is 0 Å². The second-order valence-corrected chi connectivity index (χ2v) is 10.3. The Morgan fingerprint density at radius 2 is 1.94 bits per heavy atom. The summed E-state index contributed by atoms with van der Waals surface area (Å²) in [5, 5.41) is 12.8. The second kappa shape index (κ2) is 8.50. The molecule has 0 amide bonds. The molecule has 0 radical (unpaired) electrons. The number of carbonyl (C=O) groups is 1. The van der Waals surface area contributed by atoms with Crippen molar-refractivity contribution in [3.63, 3.8) is 0 Å². The highest BCUT2D eigenvalue weighted by Crippen LogP contribution is 2.44. The van der Waals surface area contributed by atoms with Gasteiger partial charge in [0.2, 0.25) is 0 Å². The fourth-order valence-corrected chi connectivity index (χ4v) is 6.36. The van der Waals surface area contributed by atoms with Crippen LogP contribution in [-0.2, 0) is 33.0 Å². The number of ether oxygens (including phenoxy) is 2. The first-order valence-electron chi connectivity index (χ1n) is 12.7. The van der Waals surface area contributed by atoms with Crippen LogP contribution in [0.5, 0.6) is 0 Å². The summed E-state index contributed by atoms with van der Waals surface area (Å²) in [6, 6.07) is 10.0. The van der Waals surface area contributed by atoms with E-state index in [0.717, 1.165) is 48.1 Å². The molecule has 6 rings (SSSR count). The van der Waals surface area contributed by atoms with Crippen molar-refractivity contribution in [1.29, 1.82) is 0 Å². The number of carbonyl (C=O) groups excluding carboxylic acids is 1. The lowest BCUT2D eigenvalue weighted by atomic mass is 9.83. The molecule has 1 saturated heterocycles. The van der Waals surface area contributed by atoms with Crippen molar-refractivity contribution in [2.45, 2.75) is 57.0 Å². The maximum Gasteiger partial charge on any atom is 0.338 e. The van der Waals surface area contributed by atoms with E-state index in [2.05, 4.69) is 18.0 Å². The van der Waals surface area contributed by atoms with E-state index in [-0.39, 0.29) is 18.6 Å². The van der Waals surface area contributed by atoms with Crippen LogP contribution in [0, 0.1) is 0 Å². The molecule has 0 bridgehead atoms. The molecule has 0 unspecified atom stereocenters. The number of aromatic nitrogens is 2. The van der Waals surface area contributed by atoms with Crippen molar-refractivity contribution >= 4 is 16.9 Å². The zero-order chi connectivity index (χ0) is 25.2. The van der Waals surface area contributed by atoms with Crippen LogP contribution >= 0.6 is 0 Å². The standard InChI is InChI=1S/C28H31N3O5/c1-4-28(34)20-13-22-24-18(14-31(22)26(32)19(20)15-36-27(33)25(28)35-3)23(16-9-11-30(2)12-10-16)17-7-5-6-8-21(17)29-24/h5-8,13,16,25,34H,4,9-12,14-15H2,1-3H3/t25-,28+/m1/s1. The molecule has 8 nitrogen and oxygen atoms in total. The molecule has 0 spiro atoms. The number of piperidine rings is 1. The number of rotatable bonds is 3. The molecule has 0 aliphatic carbocycles. The number of hydrogen-bond donors (Lipinski definition) is 1. The van der Waals surface area contributed by atoms with Crippen LogP contribution in [-0.4, -0.2) is 58.9 Å². The smallest absolute Gasteiger partial charge is 0.338 e. The highest BCUT2D eigenvalue weighted by atomic mass is 16.6. The zero-order valence-corrected chi connectivity index (χ0v) is 20.9. The van der Waals surface area contributed by atoms with E-state index < -0.39 is 17.7 Å². The monoisotopic (exact) mass is 489 g/mol. The quantitative estimate of drug-likeness (QED) is 0.442. The molecule has 3 aliphatic rings. The average Bonchev–Trinajstić information content (AvgIpc) is 3.20. The molecule has 2 atom stereocenters. The Hall–Kier alpha value is -3.07.